The summed E-state index contributed by atoms with van der Waals surface area (Å²) < 4.78 is 0. The number of non-ortho nitro benzene ring substituents is 1. The summed E-state index contributed by atoms with van der Waals surface area (Å²) in [6.07, 6.45) is 2.05. The first-order chi connectivity index (χ1) is 9.06. The van der Waals surface area contributed by atoms with Crippen LogP contribution in [0, 0.1) is 27.4 Å². The van der Waals surface area contributed by atoms with Crippen molar-refractivity contribution in [3.05, 3.63) is 33.4 Å². The molecule has 0 aliphatic carbocycles. The van der Waals surface area contributed by atoms with Crippen molar-refractivity contribution >= 4 is 17.3 Å². The fourth-order valence-corrected chi connectivity index (χ4v) is 2.35. The number of fused-ring (bicyclic) bond motifs is 1. The number of nitro groups is 1. The third kappa shape index (κ3) is 2.40. The van der Waals surface area contributed by atoms with Gasteiger partial charge in [-0.25, -0.2) is 0 Å². The van der Waals surface area contributed by atoms with Crippen LogP contribution >= 0.6 is 0 Å². The van der Waals surface area contributed by atoms with Crippen molar-refractivity contribution in [1.82, 2.24) is 0 Å². The van der Waals surface area contributed by atoms with E-state index in [-0.39, 0.29) is 23.1 Å². The lowest BCUT2D eigenvalue weighted by atomic mass is 9.88. The molecule has 0 spiro atoms. The molecule has 1 aliphatic heterocycles. The molecule has 0 saturated heterocycles. The van der Waals surface area contributed by atoms with Gasteiger partial charge >= 0.3 is 0 Å². The van der Waals surface area contributed by atoms with Crippen LogP contribution in [0.2, 0.25) is 0 Å². The molecule has 98 valence electrons. The van der Waals surface area contributed by atoms with Crippen LogP contribution in [0.15, 0.2) is 12.1 Å². The first kappa shape index (κ1) is 13.0. The molecule has 6 nitrogen and oxygen atoms in total. The second-order valence-corrected chi connectivity index (χ2v) is 4.58. The molecule has 1 N–H and O–H groups in total. The number of carbonyl (C=O) groups is 1. The van der Waals surface area contributed by atoms with Crippen LogP contribution in [0.1, 0.15) is 30.9 Å². The first-order valence-corrected chi connectivity index (χ1v) is 6.09. The minimum Gasteiger partial charge on any atom is -0.324 e. The molecule has 0 radical (unpaired) electrons. The second-order valence-electron chi connectivity index (χ2n) is 4.58. The molecule has 0 fully saturated rings. The van der Waals surface area contributed by atoms with Crippen molar-refractivity contribution in [2.45, 2.75) is 26.2 Å². The van der Waals surface area contributed by atoms with E-state index < -0.39 is 4.92 Å². The van der Waals surface area contributed by atoms with Crippen molar-refractivity contribution in [1.29, 1.82) is 5.26 Å². The zero-order valence-electron chi connectivity index (χ0n) is 10.5. The molecule has 1 atom stereocenters. The van der Waals surface area contributed by atoms with Gasteiger partial charge in [0.25, 0.3) is 5.69 Å². The highest BCUT2D eigenvalue weighted by Crippen LogP contribution is 2.33. The molecular weight excluding hydrogens is 246 g/mol. The summed E-state index contributed by atoms with van der Waals surface area (Å²) in [5.41, 5.74) is 1.13. The van der Waals surface area contributed by atoms with Gasteiger partial charge in [0.15, 0.2) is 0 Å². The van der Waals surface area contributed by atoms with Gasteiger partial charge in [0.2, 0.25) is 5.91 Å². The van der Waals surface area contributed by atoms with E-state index in [4.69, 9.17) is 5.26 Å². The van der Waals surface area contributed by atoms with Crippen molar-refractivity contribution in [2.24, 2.45) is 5.92 Å². The van der Waals surface area contributed by atoms with Crippen LogP contribution in [0.4, 0.5) is 11.4 Å². The lowest BCUT2D eigenvalue weighted by Crippen LogP contribution is -2.30. The van der Waals surface area contributed by atoms with E-state index >= 15 is 0 Å². The van der Waals surface area contributed by atoms with Gasteiger partial charge in [0.1, 0.15) is 6.07 Å². The lowest BCUT2D eigenvalue weighted by Gasteiger charge is -2.24. The van der Waals surface area contributed by atoms with Gasteiger partial charge in [-0.1, -0.05) is 13.3 Å². The molecule has 0 aromatic heterocycles. The molecule has 2 rings (SSSR count). The molecule has 1 unspecified atom stereocenters. The third-order valence-electron chi connectivity index (χ3n) is 3.26. The maximum Gasteiger partial charge on any atom is 0.271 e. The van der Waals surface area contributed by atoms with Crippen molar-refractivity contribution in [3.63, 3.8) is 0 Å². The maximum atomic E-state index is 11.9. The first-order valence-electron chi connectivity index (χ1n) is 6.09. The zero-order chi connectivity index (χ0) is 14.0. The Morgan fingerprint density at radius 1 is 1.58 bits per heavy atom. The summed E-state index contributed by atoms with van der Waals surface area (Å²) >= 11 is 0. The number of rotatable bonds is 3. The Balaban J connectivity index is 2.48. The third-order valence-corrected chi connectivity index (χ3v) is 3.26. The Bertz CT molecular complexity index is 590. The number of hydrogen-bond donors (Lipinski definition) is 1. The van der Waals surface area contributed by atoms with Crippen LogP contribution in [-0.4, -0.2) is 10.8 Å². The highest BCUT2D eigenvalue weighted by Gasteiger charge is 2.29. The molecule has 0 saturated carbocycles. The van der Waals surface area contributed by atoms with E-state index in [0.29, 0.717) is 17.7 Å². The fourth-order valence-electron chi connectivity index (χ4n) is 2.35. The van der Waals surface area contributed by atoms with Gasteiger partial charge in [-0.2, -0.15) is 5.26 Å². The number of anilines is 1. The van der Waals surface area contributed by atoms with Gasteiger partial charge in [0.05, 0.1) is 16.2 Å². The lowest BCUT2D eigenvalue weighted by molar-refractivity contribution is -0.384. The van der Waals surface area contributed by atoms with Crippen LogP contribution < -0.4 is 5.32 Å². The minimum atomic E-state index is -0.521. The van der Waals surface area contributed by atoms with Crippen LogP contribution in [0.5, 0.6) is 0 Å². The summed E-state index contributed by atoms with van der Waals surface area (Å²) in [7, 11) is 0. The largest absolute Gasteiger partial charge is 0.324 e. The molecule has 1 aromatic rings. The Morgan fingerprint density at radius 2 is 2.32 bits per heavy atom. The predicted molar refractivity (Wildman–Crippen MR) is 68.5 cm³/mol. The van der Waals surface area contributed by atoms with Gasteiger partial charge in [-0.05, 0) is 18.4 Å². The Labute approximate surface area is 110 Å². The predicted octanol–water partition coefficient (Wildman–Crippen LogP) is 2.38. The smallest absolute Gasteiger partial charge is 0.271 e. The highest BCUT2D eigenvalue weighted by atomic mass is 16.6. The zero-order valence-corrected chi connectivity index (χ0v) is 10.5. The molecule has 1 aliphatic rings. The number of nitriles is 1. The molecule has 1 heterocycles. The Kier molecular flexibility index (Phi) is 3.47. The number of nitrogens with one attached hydrogen (secondary N) is 1. The second kappa shape index (κ2) is 5.06. The van der Waals surface area contributed by atoms with Crippen LogP contribution in [0.25, 0.3) is 0 Å². The molecule has 6 heteroatoms. The van der Waals surface area contributed by atoms with Crippen LogP contribution in [0.3, 0.4) is 0 Å². The average molecular weight is 259 g/mol. The van der Waals surface area contributed by atoms with Gasteiger partial charge in [-0.3, -0.25) is 14.9 Å². The number of benzene rings is 1. The average Bonchev–Trinajstić information content (AvgIpc) is 2.38. The molecule has 1 aromatic carbocycles. The van der Waals surface area contributed by atoms with E-state index in [1.54, 1.807) is 0 Å². The highest BCUT2D eigenvalue weighted by molar-refractivity contribution is 5.97. The van der Waals surface area contributed by atoms with E-state index in [1.165, 1.54) is 12.1 Å². The number of nitro benzene ring substituents is 1. The summed E-state index contributed by atoms with van der Waals surface area (Å²) in [4.78, 5) is 22.2. The standard InChI is InChI=1S/C13H13N3O3/c1-2-3-8-4-9-5-11(16(18)19)6-10(7-14)12(9)15-13(8)17/h5-6,8H,2-4H2,1H3,(H,15,17). The Morgan fingerprint density at radius 3 is 2.89 bits per heavy atom. The van der Waals surface area contributed by atoms with Gasteiger partial charge < -0.3 is 5.32 Å². The molecule has 19 heavy (non-hydrogen) atoms. The molecule has 1 amide bonds. The van der Waals surface area contributed by atoms with Crippen LogP contribution in [-0.2, 0) is 11.2 Å². The molecule has 0 bridgehead atoms. The molecular formula is C13H13N3O3. The number of carbonyl (C=O) groups excluding carboxylic acids is 1. The summed E-state index contributed by atoms with van der Waals surface area (Å²) in [6.45, 7) is 1.98. The summed E-state index contributed by atoms with van der Waals surface area (Å²) in [5.74, 6) is -0.286. The van der Waals surface area contributed by atoms with Gasteiger partial charge in [-0.15, -0.1) is 0 Å². The van der Waals surface area contributed by atoms with Crippen molar-refractivity contribution < 1.29 is 9.72 Å². The van der Waals surface area contributed by atoms with E-state index in [9.17, 15) is 14.9 Å². The van der Waals surface area contributed by atoms with E-state index in [0.717, 1.165) is 12.8 Å². The normalized spacial score (nSPS) is 17.3. The van der Waals surface area contributed by atoms with E-state index in [1.807, 2.05) is 13.0 Å². The topological polar surface area (TPSA) is 96.0 Å². The fraction of sp³-hybridized carbons (Fsp3) is 0.385. The van der Waals surface area contributed by atoms with E-state index in [2.05, 4.69) is 5.32 Å². The maximum absolute atomic E-state index is 11.9. The minimum absolute atomic E-state index is 0.110. The SMILES string of the molecule is CCCC1Cc2cc([N+](=O)[O-])cc(C#N)c2NC1=O. The number of nitrogens with zero attached hydrogens (tertiary/aromatic N) is 2. The van der Waals surface area contributed by atoms with Crippen molar-refractivity contribution in [2.75, 3.05) is 5.32 Å². The quantitative estimate of drug-likeness (QED) is 0.665. The number of hydrogen-bond acceptors (Lipinski definition) is 4. The van der Waals surface area contributed by atoms with Gasteiger partial charge in [0, 0.05) is 18.1 Å². The number of amides is 1. The monoisotopic (exact) mass is 259 g/mol. The Hall–Kier alpha value is -2.42. The van der Waals surface area contributed by atoms with Crippen molar-refractivity contribution in [3.8, 4) is 6.07 Å². The summed E-state index contributed by atoms with van der Waals surface area (Å²) in [5, 5.41) is 22.6. The summed E-state index contributed by atoms with van der Waals surface area (Å²) in [6, 6.07) is 4.54.